The first-order chi connectivity index (χ1) is 7.33. The Bertz CT molecular complexity index is 515. The topological polar surface area (TPSA) is 63.2 Å². The smallest absolute Gasteiger partial charge is 0.229 e. The van der Waals surface area contributed by atoms with Crippen LogP contribution in [0.2, 0.25) is 0 Å². The van der Waals surface area contributed by atoms with Gasteiger partial charge in [-0.2, -0.15) is 0 Å². The summed E-state index contributed by atoms with van der Waals surface area (Å²) in [5.41, 5.74) is 0.0127. The molecule has 0 heterocycles. The van der Waals surface area contributed by atoms with Crippen LogP contribution in [0, 0.1) is 5.82 Å². The van der Waals surface area contributed by atoms with E-state index in [1.807, 2.05) is 0 Å². The molecule has 1 aromatic rings. The van der Waals surface area contributed by atoms with Crippen molar-refractivity contribution in [3.8, 4) is 0 Å². The van der Waals surface area contributed by atoms with Crippen molar-refractivity contribution >= 4 is 37.4 Å². The fraction of sp³-hybridized carbons (Fsp3) is 0.222. The molecule has 1 N–H and O–H groups in total. The van der Waals surface area contributed by atoms with E-state index in [2.05, 4.69) is 20.7 Å². The number of hydrogen-bond acceptors (Lipinski definition) is 3. The minimum atomic E-state index is -3.43. The number of ketones is 1. The molecule has 0 aromatic heterocycles. The van der Waals surface area contributed by atoms with E-state index in [0.717, 1.165) is 12.3 Å². The quantitative estimate of drug-likeness (QED) is 0.681. The minimum Gasteiger partial charge on any atom is -0.293 e. The van der Waals surface area contributed by atoms with E-state index < -0.39 is 21.6 Å². The van der Waals surface area contributed by atoms with Gasteiger partial charge in [0.2, 0.25) is 10.0 Å². The van der Waals surface area contributed by atoms with Crippen molar-refractivity contribution in [2.24, 2.45) is 0 Å². The number of anilines is 1. The van der Waals surface area contributed by atoms with Crippen molar-refractivity contribution in [1.82, 2.24) is 0 Å². The highest BCUT2D eigenvalue weighted by atomic mass is 79.9. The summed E-state index contributed by atoms with van der Waals surface area (Å²) < 4.78 is 37.3. The highest BCUT2D eigenvalue weighted by Crippen LogP contribution is 2.16. The highest BCUT2D eigenvalue weighted by molar-refractivity contribution is 9.09. The van der Waals surface area contributed by atoms with Crippen LogP contribution >= 0.6 is 15.9 Å². The van der Waals surface area contributed by atoms with Crippen LogP contribution in [-0.2, 0) is 10.0 Å². The van der Waals surface area contributed by atoms with Gasteiger partial charge < -0.3 is 0 Å². The third-order valence-electron chi connectivity index (χ3n) is 1.69. The Balaban J connectivity index is 3.12. The van der Waals surface area contributed by atoms with Crippen molar-refractivity contribution in [2.75, 3.05) is 16.3 Å². The molecular weight excluding hydrogens is 301 g/mol. The number of sulfonamides is 1. The summed E-state index contributed by atoms with van der Waals surface area (Å²) in [6.07, 6.45) is 0.975. The van der Waals surface area contributed by atoms with E-state index in [4.69, 9.17) is 0 Å². The maximum absolute atomic E-state index is 13.2. The molecule has 7 heteroatoms. The first-order valence-corrected chi connectivity index (χ1v) is 7.21. The predicted octanol–water partition coefficient (Wildman–Crippen LogP) is 1.77. The summed E-state index contributed by atoms with van der Waals surface area (Å²) in [6, 6.07) is 3.46. The molecule has 0 unspecified atom stereocenters. The summed E-state index contributed by atoms with van der Waals surface area (Å²) >= 11 is 2.92. The van der Waals surface area contributed by atoms with Crippen LogP contribution < -0.4 is 4.72 Å². The lowest BCUT2D eigenvalue weighted by Gasteiger charge is -2.06. The first-order valence-electron chi connectivity index (χ1n) is 4.20. The molecule has 0 aliphatic heterocycles. The highest BCUT2D eigenvalue weighted by Gasteiger charge is 2.12. The molecule has 0 saturated heterocycles. The molecule has 1 rings (SSSR count). The van der Waals surface area contributed by atoms with Gasteiger partial charge in [0.25, 0.3) is 0 Å². The second kappa shape index (κ2) is 4.92. The van der Waals surface area contributed by atoms with E-state index in [1.54, 1.807) is 0 Å². The van der Waals surface area contributed by atoms with Crippen molar-refractivity contribution in [1.29, 1.82) is 0 Å². The molecule has 0 saturated carbocycles. The maximum atomic E-state index is 13.2. The van der Waals surface area contributed by atoms with E-state index in [-0.39, 0.29) is 16.6 Å². The van der Waals surface area contributed by atoms with E-state index in [9.17, 15) is 17.6 Å². The Morgan fingerprint density at radius 1 is 1.50 bits per heavy atom. The molecule has 0 fully saturated rings. The molecule has 88 valence electrons. The molecule has 0 radical (unpaired) electrons. The maximum Gasteiger partial charge on any atom is 0.229 e. The fourth-order valence-electron chi connectivity index (χ4n) is 1.09. The van der Waals surface area contributed by atoms with E-state index in [1.165, 1.54) is 12.1 Å². The SMILES string of the molecule is CS(=O)(=O)Nc1ccc(F)c(C(=O)CBr)c1. The summed E-state index contributed by atoms with van der Waals surface area (Å²) in [5.74, 6) is -1.13. The van der Waals surface area contributed by atoms with Crippen molar-refractivity contribution < 1.29 is 17.6 Å². The fourth-order valence-corrected chi connectivity index (χ4v) is 1.95. The lowest BCUT2D eigenvalue weighted by molar-refractivity contribution is 0.102. The molecule has 0 aliphatic rings. The van der Waals surface area contributed by atoms with Crippen LogP contribution in [0.1, 0.15) is 10.4 Å². The molecule has 0 atom stereocenters. The third-order valence-corrected chi connectivity index (χ3v) is 2.81. The lowest BCUT2D eigenvalue weighted by Crippen LogP contribution is -2.11. The van der Waals surface area contributed by atoms with Crippen LogP contribution in [0.15, 0.2) is 18.2 Å². The van der Waals surface area contributed by atoms with Gasteiger partial charge in [0.15, 0.2) is 5.78 Å². The van der Waals surface area contributed by atoms with Gasteiger partial charge in [-0.05, 0) is 18.2 Å². The number of Topliss-reactive ketones (excluding diaryl/α,β-unsaturated/α-hetero) is 1. The Morgan fingerprint density at radius 3 is 2.62 bits per heavy atom. The summed E-state index contributed by atoms with van der Waals surface area (Å²) in [5, 5.41) is -0.0216. The van der Waals surface area contributed by atoms with Crippen LogP contribution in [0.5, 0.6) is 0 Å². The lowest BCUT2D eigenvalue weighted by atomic mass is 10.1. The van der Waals surface area contributed by atoms with Gasteiger partial charge in [-0.3, -0.25) is 9.52 Å². The Kier molecular flexibility index (Phi) is 4.03. The van der Waals surface area contributed by atoms with Crippen LogP contribution in [0.25, 0.3) is 0 Å². The molecule has 16 heavy (non-hydrogen) atoms. The third kappa shape index (κ3) is 3.57. The molecule has 0 amide bonds. The van der Waals surface area contributed by atoms with Crippen LogP contribution in [0.3, 0.4) is 0 Å². The van der Waals surface area contributed by atoms with E-state index in [0.29, 0.717) is 0 Å². The molecule has 4 nitrogen and oxygen atoms in total. The number of alkyl halides is 1. The van der Waals surface area contributed by atoms with Gasteiger partial charge in [0, 0.05) is 5.69 Å². The van der Waals surface area contributed by atoms with Crippen LogP contribution in [-0.4, -0.2) is 25.8 Å². The van der Waals surface area contributed by atoms with E-state index >= 15 is 0 Å². The van der Waals surface area contributed by atoms with Gasteiger partial charge in [0.1, 0.15) is 5.82 Å². The zero-order valence-electron chi connectivity index (χ0n) is 8.33. The monoisotopic (exact) mass is 309 g/mol. The molecular formula is C9H9BrFNO3S. The van der Waals surface area contributed by atoms with Gasteiger partial charge >= 0.3 is 0 Å². The number of rotatable bonds is 4. The molecule has 0 bridgehead atoms. The van der Waals surface area contributed by atoms with Crippen molar-refractivity contribution in [3.63, 3.8) is 0 Å². The number of benzene rings is 1. The number of nitrogens with one attached hydrogen (secondary N) is 1. The predicted molar refractivity (Wildman–Crippen MR) is 63.0 cm³/mol. The summed E-state index contributed by atoms with van der Waals surface area (Å²) in [7, 11) is -3.43. The summed E-state index contributed by atoms with van der Waals surface area (Å²) in [6.45, 7) is 0. The second-order valence-electron chi connectivity index (χ2n) is 3.13. The summed E-state index contributed by atoms with van der Waals surface area (Å²) in [4.78, 5) is 11.3. The average molecular weight is 310 g/mol. The van der Waals surface area contributed by atoms with Gasteiger partial charge in [-0.1, -0.05) is 15.9 Å². The van der Waals surface area contributed by atoms with Gasteiger partial charge in [-0.15, -0.1) is 0 Å². The molecule has 0 aliphatic carbocycles. The average Bonchev–Trinajstić information content (AvgIpc) is 2.18. The van der Waals surface area contributed by atoms with Crippen molar-refractivity contribution in [3.05, 3.63) is 29.6 Å². The zero-order valence-corrected chi connectivity index (χ0v) is 10.7. The normalized spacial score (nSPS) is 11.2. The Hall–Kier alpha value is -0.950. The molecule has 1 aromatic carbocycles. The Labute approximate surface area is 101 Å². The number of carbonyl (C=O) groups is 1. The number of halogens is 2. The zero-order chi connectivity index (χ0) is 12.3. The Morgan fingerprint density at radius 2 is 2.12 bits per heavy atom. The molecule has 0 spiro atoms. The second-order valence-corrected chi connectivity index (χ2v) is 5.43. The van der Waals surface area contributed by atoms with Crippen LogP contribution in [0.4, 0.5) is 10.1 Å². The number of carbonyl (C=O) groups excluding carboxylic acids is 1. The standard InChI is InChI=1S/C9H9BrFNO3S/c1-16(14,15)12-6-2-3-8(11)7(4-6)9(13)5-10/h2-4,12H,5H2,1H3. The first kappa shape index (κ1) is 13.1. The van der Waals surface area contributed by atoms with Gasteiger partial charge in [-0.25, -0.2) is 12.8 Å². The number of hydrogen-bond donors (Lipinski definition) is 1. The minimum absolute atomic E-state index is 0.0216. The largest absolute Gasteiger partial charge is 0.293 e. The van der Waals surface area contributed by atoms with Crippen molar-refractivity contribution in [2.45, 2.75) is 0 Å². The van der Waals surface area contributed by atoms with Gasteiger partial charge in [0.05, 0.1) is 17.1 Å².